The summed E-state index contributed by atoms with van der Waals surface area (Å²) in [5.74, 6) is -0.0558. The summed E-state index contributed by atoms with van der Waals surface area (Å²) >= 11 is 2.68. The minimum atomic E-state index is -0.323. The highest BCUT2D eigenvalue weighted by Gasteiger charge is 2.18. The largest absolute Gasteiger partial charge is 0.330 e. The third kappa shape index (κ3) is 4.54. The van der Waals surface area contributed by atoms with Crippen molar-refractivity contribution < 1.29 is 9.59 Å². The first-order valence-corrected chi connectivity index (χ1v) is 9.25. The van der Waals surface area contributed by atoms with E-state index in [1.54, 1.807) is 0 Å². The molecule has 9 heteroatoms. The highest BCUT2D eigenvalue weighted by Crippen LogP contribution is 2.25. The molecule has 1 fully saturated rings. The fourth-order valence-electron chi connectivity index (χ4n) is 2.04. The van der Waals surface area contributed by atoms with Gasteiger partial charge in [-0.05, 0) is 6.92 Å². The van der Waals surface area contributed by atoms with Crippen molar-refractivity contribution in [1.82, 2.24) is 21.2 Å². The van der Waals surface area contributed by atoms with Crippen molar-refractivity contribution in [3.63, 3.8) is 0 Å². The Bertz CT molecular complexity index is 732. The smallest absolute Gasteiger partial charge is 0.237 e. The van der Waals surface area contributed by atoms with Gasteiger partial charge in [0.05, 0.1) is 18.0 Å². The van der Waals surface area contributed by atoms with Gasteiger partial charge < -0.3 is 10.6 Å². The SMILES string of the molecule is Cc1ccc(-c2csc(NC(=O)CSC3NNCC(=O)N3)n2)cc1. The summed E-state index contributed by atoms with van der Waals surface area (Å²) in [5, 5.41) is 7.99. The molecule has 7 nitrogen and oxygen atoms in total. The lowest BCUT2D eigenvalue weighted by molar-refractivity contribution is -0.122. The van der Waals surface area contributed by atoms with Crippen LogP contribution in [0, 0.1) is 6.92 Å². The number of nitrogens with one attached hydrogen (secondary N) is 4. The van der Waals surface area contributed by atoms with Crippen LogP contribution in [-0.4, -0.2) is 34.6 Å². The number of rotatable bonds is 5. The molecule has 1 aliphatic heterocycles. The minimum Gasteiger partial charge on any atom is -0.330 e. The number of anilines is 1. The Morgan fingerprint density at radius 3 is 2.96 bits per heavy atom. The molecule has 3 rings (SSSR count). The standard InChI is InChI=1S/C15H17N5O2S2/c1-9-2-4-10(5-3-9)11-7-23-14(17-11)19-13(22)8-24-15-18-12(21)6-16-20-15/h2-5,7,15-16,20H,6,8H2,1H3,(H,18,21)(H,17,19,22). The highest BCUT2D eigenvalue weighted by atomic mass is 32.2. The van der Waals surface area contributed by atoms with Crippen LogP contribution in [0.1, 0.15) is 5.56 Å². The fraction of sp³-hybridized carbons (Fsp3) is 0.267. The van der Waals surface area contributed by atoms with Crippen molar-refractivity contribution in [3.05, 3.63) is 35.2 Å². The van der Waals surface area contributed by atoms with Gasteiger partial charge in [0.2, 0.25) is 11.8 Å². The molecule has 2 heterocycles. The fourth-order valence-corrected chi connectivity index (χ4v) is 3.55. The molecule has 4 N–H and O–H groups in total. The van der Waals surface area contributed by atoms with Crippen molar-refractivity contribution in [2.24, 2.45) is 0 Å². The molecule has 0 aliphatic carbocycles. The zero-order chi connectivity index (χ0) is 16.9. The Balaban J connectivity index is 1.51. The van der Waals surface area contributed by atoms with E-state index in [1.165, 1.54) is 28.7 Å². The van der Waals surface area contributed by atoms with Crippen molar-refractivity contribution >= 4 is 40.0 Å². The Labute approximate surface area is 147 Å². The lowest BCUT2D eigenvalue weighted by Gasteiger charge is -2.24. The number of hydrazine groups is 1. The van der Waals surface area contributed by atoms with Gasteiger partial charge in [0.15, 0.2) is 5.13 Å². The van der Waals surface area contributed by atoms with Gasteiger partial charge in [-0.3, -0.25) is 9.59 Å². The number of nitrogens with zero attached hydrogens (tertiary/aromatic N) is 1. The van der Waals surface area contributed by atoms with E-state index < -0.39 is 0 Å². The molecule has 1 aromatic carbocycles. The summed E-state index contributed by atoms with van der Waals surface area (Å²) in [5.41, 5.74) is 8.38. The third-order valence-electron chi connectivity index (χ3n) is 3.25. The number of carbonyl (C=O) groups excluding carboxylic acids is 2. The van der Waals surface area contributed by atoms with Crippen molar-refractivity contribution in [1.29, 1.82) is 0 Å². The van der Waals surface area contributed by atoms with Crippen molar-refractivity contribution in [2.45, 2.75) is 12.4 Å². The van der Waals surface area contributed by atoms with Gasteiger partial charge in [0.1, 0.15) is 5.50 Å². The van der Waals surface area contributed by atoms with Crippen molar-refractivity contribution in [2.75, 3.05) is 17.6 Å². The first-order chi connectivity index (χ1) is 11.6. The minimum absolute atomic E-state index is 0.102. The molecule has 1 saturated heterocycles. The molecule has 2 amide bonds. The van der Waals surface area contributed by atoms with Gasteiger partial charge in [-0.25, -0.2) is 15.8 Å². The number of carbonyl (C=O) groups is 2. The van der Waals surface area contributed by atoms with Gasteiger partial charge in [-0.15, -0.1) is 23.1 Å². The van der Waals surface area contributed by atoms with E-state index in [0.29, 0.717) is 5.13 Å². The number of amides is 2. The number of hydrogen-bond acceptors (Lipinski definition) is 7. The van der Waals surface area contributed by atoms with Crippen LogP contribution in [0.25, 0.3) is 11.3 Å². The second kappa shape index (κ2) is 7.75. The van der Waals surface area contributed by atoms with Crippen LogP contribution < -0.4 is 21.5 Å². The molecule has 0 spiro atoms. The van der Waals surface area contributed by atoms with Crippen LogP contribution in [0.15, 0.2) is 29.6 Å². The number of aromatic nitrogens is 1. The molecular weight excluding hydrogens is 346 g/mol. The summed E-state index contributed by atoms with van der Waals surface area (Å²) < 4.78 is 0. The summed E-state index contributed by atoms with van der Waals surface area (Å²) in [4.78, 5) is 27.7. The van der Waals surface area contributed by atoms with Crippen LogP contribution in [-0.2, 0) is 9.59 Å². The zero-order valence-electron chi connectivity index (χ0n) is 13.0. The normalized spacial score (nSPS) is 17.4. The van der Waals surface area contributed by atoms with E-state index in [0.717, 1.165) is 11.3 Å². The van der Waals surface area contributed by atoms with Crippen LogP contribution in [0.5, 0.6) is 0 Å². The molecule has 1 unspecified atom stereocenters. The summed E-state index contributed by atoms with van der Waals surface area (Å²) in [6.07, 6.45) is 0. The Morgan fingerprint density at radius 2 is 2.21 bits per heavy atom. The molecule has 0 saturated carbocycles. The maximum atomic E-state index is 12.0. The highest BCUT2D eigenvalue weighted by molar-refractivity contribution is 8.00. The monoisotopic (exact) mass is 363 g/mol. The summed E-state index contributed by atoms with van der Waals surface area (Å²) in [6, 6.07) is 8.08. The second-order valence-electron chi connectivity index (χ2n) is 5.21. The van der Waals surface area contributed by atoms with E-state index in [-0.39, 0.29) is 29.6 Å². The molecule has 1 atom stereocenters. The van der Waals surface area contributed by atoms with Crippen LogP contribution in [0.4, 0.5) is 5.13 Å². The molecule has 2 aromatic rings. The molecule has 126 valence electrons. The Morgan fingerprint density at radius 1 is 1.42 bits per heavy atom. The van der Waals surface area contributed by atoms with Crippen LogP contribution >= 0.6 is 23.1 Å². The van der Waals surface area contributed by atoms with Gasteiger partial charge in [-0.2, -0.15) is 0 Å². The van der Waals surface area contributed by atoms with E-state index in [4.69, 9.17) is 0 Å². The van der Waals surface area contributed by atoms with Crippen LogP contribution in [0.3, 0.4) is 0 Å². The maximum Gasteiger partial charge on any atom is 0.237 e. The van der Waals surface area contributed by atoms with E-state index in [1.807, 2.05) is 36.6 Å². The first-order valence-electron chi connectivity index (χ1n) is 7.32. The third-order valence-corrected chi connectivity index (χ3v) is 5.01. The van der Waals surface area contributed by atoms with E-state index >= 15 is 0 Å². The second-order valence-corrected chi connectivity index (χ2v) is 7.16. The molecule has 0 bridgehead atoms. The topological polar surface area (TPSA) is 95.2 Å². The number of aryl methyl sites for hydroxylation is 1. The first kappa shape index (κ1) is 16.9. The quantitative estimate of drug-likeness (QED) is 0.640. The van der Waals surface area contributed by atoms with E-state index in [2.05, 4.69) is 26.5 Å². The maximum absolute atomic E-state index is 12.0. The van der Waals surface area contributed by atoms with Crippen LogP contribution in [0.2, 0.25) is 0 Å². The summed E-state index contributed by atoms with van der Waals surface area (Å²) in [7, 11) is 0. The number of thiazole rings is 1. The molecule has 1 aromatic heterocycles. The number of hydrogen-bond donors (Lipinski definition) is 4. The van der Waals surface area contributed by atoms with E-state index in [9.17, 15) is 9.59 Å². The Kier molecular flexibility index (Phi) is 5.46. The zero-order valence-corrected chi connectivity index (χ0v) is 14.6. The number of thioether (sulfide) groups is 1. The van der Waals surface area contributed by atoms with Gasteiger partial charge in [0, 0.05) is 10.9 Å². The van der Waals surface area contributed by atoms with Crippen molar-refractivity contribution in [3.8, 4) is 11.3 Å². The van der Waals surface area contributed by atoms with Gasteiger partial charge in [-0.1, -0.05) is 29.8 Å². The predicted octanol–water partition coefficient (Wildman–Crippen LogP) is 1.30. The lowest BCUT2D eigenvalue weighted by Crippen LogP contribution is -2.58. The average Bonchev–Trinajstić information content (AvgIpc) is 3.02. The van der Waals surface area contributed by atoms with Gasteiger partial charge >= 0.3 is 0 Å². The van der Waals surface area contributed by atoms with Gasteiger partial charge in [0.25, 0.3) is 0 Å². The molecular formula is C15H17N5O2S2. The number of benzene rings is 1. The predicted molar refractivity (Wildman–Crippen MR) is 96.4 cm³/mol. The molecule has 0 radical (unpaired) electrons. The Hall–Kier alpha value is -1.94. The molecule has 24 heavy (non-hydrogen) atoms. The lowest BCUT2D eigenvalue weighted by atomic mass is 10.1. The summed E-state index contributed by atoms with van der Waals surface area (Å²) in [6.45, 7) is 2.26. The average molecular weight is 363 g/mol. The molecule has 1 aliphatic rings.